The molecule has 5 heteroatoms. The van der Waals surface area contributed by atoms with Gasteiger partial charge in [0.1, 0.15) is 0 Å². The first-order chi connectivity index (χ1) is 10.7. The topological polar surface area (TPSA) is 82.2 Å². The third-order valence-electron chi connectivity index (χ3n) is 3.67. The number of aromatic amines is 1. The van der Waals surface area contributed by atoms with Gasteiger partial charge in [0.2, 0.25) is 5.91 Å². The zero-order valence-electron chi connectivity index (χ0n) is 12.6. The first kappa shape index (κ1) is 16.1. The Morgan fingerprint density at radius 1 is 1.09 bits per heavy atom. The van der Waals surface area contributed by atoms with Crippen molar-refractivity contribution in [2.75, 3.05) is 6.54 Å². The van der Waals surface area contributed by atoms with Crippen molar-refractivity contribution in [2.24, 2.45) is 0 Å². The largest absolute Gasteiger partial charge is 0.481 e. The molecule has 0 spiro atoms. The van der Waals surface area contributed by atoms with Crippen LogP contribution in [0.15, 0.2) is 30.5 Å². The summed E-state index contributed by atoms with van der Waals surface area (Å²) in [4.78, 5) is 25.5. The van der Waals surface area contributed by atoms with Crippen LogP contribution < -0.4 is 5.32 Å². The quantitative estimate of drug-likeness (QED) is 0.623. The Kier molecular flexibility index (Phi) is 6.01. The maximum atomic E-state index is 11.9. The molecule has 2 aromatic rings. The third kappa shape index (κ3) is 4.91. The average molecular weight is 302 g/mol. The van der Waals surface area contributed by atoms with Crippen molar-refractivity contribution in [3.63, 3.8) is 0 Å². The van der Waals surface area contributed by atoms with Crippen molar-refractivity contribution in [1.82, 2.24) is 10.3 Å². The van der Waals surface area contributed by atoms with Crippen molar-refractivity contribution in [2.45, 2.75) is 38.5 Å². The van der Waals surface area contributed by atoms with Gasteiger partial charge in [-0.2, -0.15) is 0 Å². The van der Waals surface area contributed by atoms with Gasteiger partial charge in [-0.3, -0.25) is 9.59 Å². The van der Waals surface area contributed by atoms with Crippen LogP contribution in [0, 0.1) is 0 Å². The van der Waals surface area contributed by atoms with Gasteiger partial charge in [0.05, 0.1) is 6.42 Å². The fourth-order valence-corrected chi connectivity index (χ4v) is 2.50. The Morgan fingerprint density at radius 3 is 2.68 bits per heavy atom. The van der Waals surface area contributed by atoms with Gasteiger partial charge in [-0.15, -0.1) is 0 Å². The van der Waals surface area contributed by atoms with Crippen LogP contribution in [0.1, 0.15) is 37.7 Å². The van der Waals surface area contributed by atoms with Crippen LogP contribution in [0.3, 0.4) is 0 Å². The summed E-state index contributed by atoms with van der Waals surface area (Å²) < 4.78 is 0. The van der Waals surface area contributed by atoms with E-state index < -0.39 is 5.97 Å². The van der Waals surface area contributed by atoms with Gasteiger partial charge in [-0.1, -0.05) is 31.0 Å². The Balaban J connectivity index is 1.65. The van der Waals surface area contributed by atoms with Crippen LogP contribution in [0.5, 0.6) is 0 Å². The molecule has 0 bridgehead atoms. The molecule has 0 atom stereocenters. The molecule has 0 saturated heterocycles. The Labute approximate surface area is 129 Å². The number of H-pyrrole nitrogens is 1. The molecule has 2 rings (SSSR count). The molecule has 0 aliphatic rings. The number of hydrogen-bond donors (Lipinski definition) is 3. The molecule has 5 nitrogen and oxygen atoms in total. The summed E-state index contributed by atoms with van der Waals surface area (Å²) in [7, 11) is 0. The summed E-state index contributed by atoms with van der Waals surface area (Å²) in [6.45, 7) is 0.647. The SMILES string of the molecule is O=C(O)CCCCCCNC(=O)Cc1c[nH]c2ccccc12. The van der Waals surface area contributed by atoms with Gasteiger partial charge in [-0.25, -0.2) is 0 Å². The number of aliphatic carboxylic acids is 1. The lowest BCUT2D eigenvalue weighted by Gasteiger charge is -2.04. The smallest absolute Gasteiger partial charge is 0.303 e. The zero-order chi connectivity index (χ0) is 15.8. The predicted molar refractivity (Wildman–Crippen MR) is 85.7 cm³/mol. The molecule has 0 radical (unpaired) electrons. The van der Waals surface area contributed by atoms with Crippen molar-refractivity contribution in [1.29, 1.82) is 0 Å². The second kappa shape index (κ2) is 8.22. The Hall–Kier alpha value is -2.30. The van der Waals surface area contributed by atoms with Gasteiger partial charge in [0, 0.05) is 30.1 Å². The molecular weight excluding hydrogens is 280 g/mol. The number of fused-ring (bicyclic) bond motifs is 1. The van der Waals surface area contributed by atoms with Crippen molar-refractivity contribution in [3.8, 4) is 0 Å². The van der Waals surface area contributed by atoms with Crippen molar-refractivity contribution < 1.29 is 14.7 Å². The molecular formula is C17H22N2O3. The zero-order valence-corrected chi connectivity index (χ0v) is 12.6. The molecule has 1 amide bonds. The van der Waals surface area contributed by atoms with Crippen LogP contribution in [-0.2, 0) is 16.0 Å². The molecule has 3 N–H and O–H groups in total. The maximum Gasteiger partial charge on any atom is 0.303 e. The molecule has 0 unspecified atom stereocenters. The summed E-state index contributed by atoms with van der Waals surface area (Å²) in [5.74, 6) is -0.720. The lowest BCUT2D eigenvalue weighted by Crippen LogP contribution is -2.26. The Bertz CT molecular complexity index is 634. The molecule has 0 aliphatic heterocycles. The van der Waals surface area contributed by atoms with E-state index in [2.05, 4.69) is 10.3 Å². The molecule has 1 aromatic carbocycles. The number of benzene rings is 1. The lowest BCUT2D eigenvalue weighted by molar-refractivity contribution is -0.137. The normalized spacial score (nSPS) is 10.7. The summed E-state index contributed by atoms with van der Waals surface area (Å²) in [5.41, 5.74) is 2.05. The molecule has 0 aliphatic carbocycles. The first-order valence-electron chi connectivity index (χ1n) is 7.70. The van der Waals surface area contributed by atoms with E-state index >= 15 is 0 Å². The van der Waals surface area contributed by atoms with E-state index in [1.54, 1.807) is 0 Å². The number of amides is 1. The Morgan fingerprint density at radius 2 is 1.86 bits per heavy atom. The van der Waals surface area contributed by atoms with Gasteiger partial charge in [0.15, 0.2) is 0 Å². The number of hydrogen-bond acceptors (Lipinski definition) is 2. The highest BCUT2D eigenvalue weighted by Gasteiger charge is 2.07. The minimum Gasteiger partial charge on any atom is -0.481 e. The van der Waals surface area contributed by atoms with Crippen LogP contribution in [0.2, 0.25) is 0 Å². The fraction of sp³-hybridized carbons (Fsp3) is 0.412. The maximum absolute atomic E-state index is 11.9. The lowest BCUT2D eigenvalue weighted by atomic mass is 10.1. The molecule has 22 heavy (non-hydrogen) atoms. The minimum absolute atomic E-state index is 0.0234. The summed E-state index contributed by atoms with van der Waals surface area (Å²) in [5, 5.41) is 12.5. The van der Waals surface area contributed by atoms with Gasteiger partial charge >= 0.3 is 5.97 Å². The number of carboxylic acids is 1. The van der Waals surface area contributed by atoms with Crippen LogP contribution in [-0.4, -0.2) is 28.5 Å². The van der Waals surface area contributed by atoms with Gasteiger partial charge in [0.25, 0.3) is 0 Å². The summed E-state index contributed by atoms with van der Waals surface area (Å²) >= 11 is 0. The van der Waals surface area contributed by atoms with Crippen LogP contribution in [0.4, 0.5) is 0 Å². The van der Waals surface area contributed by atoms with Crippen LogP contribution in [0.25, 0.3) is 10.9 Å². The molecule has 1 aromatic heterocycles. The average Bonchev–Trinajstić information content (AvgIpc) is 2.89. The van der Waals surface area contributed by atoms with E-state index in [0.717, 1.165) is 35.7 Å². The standard InChI is InChI=1S/C17H22N2O3/c20-16(18-10-6-2-1-3-9-17(21)22)11-13-12-19-15-8-5-4-7-14(13)15/h4-5,7-8,12,19H,1-3,6,9-11H2,(H,18,20)(H,21,22). The van der Waals surface area contributed by atoms with Crippen molar-refractivity contribution in [3.05, 3.63) is 36.0 Å². The number of carboxylic acid groups (broad SMARTS) is 1. The monoisotopic (exact) mass is 302 g/mol. The fourth-order valence-electron chi connectivity index (χ4n) is 2.50. The number of rotatable bonds is 9. The number of unbranched alkanes of at least 4 members (excludes halogenated alkanes) is 3. The highest BCUT2D eigenvalue weighted by molar-refractivity contribution is 5.88. The number of nitrogens with one attached hydrogen (secondary N) is 2. The second-order valence-electron chi connectivity index (χ2n) is 5.44. The van der Waals surface area contributed by atoms with E-state index in [9.17, 15) is 9.59 Å². The predicted octanol–water partition coefficient (Wildman–Crippen LogP) is 2.86. The van der Waals surface area contributed by atoms with E-state index in [4.69, 9.17) is 5.11 Å². The highest BCUT2D eigenvalue weighted by atomic mass is 16.4. The number of para-hydroxylation sites is 1. The minimum atomic E-state index is -0.743. The molecule has 1 heterocycles. The number of aromatic nitrogens is 1. The summed E-state index contributed by atoms with van der Waals surface area (Å²) in [6, 6.07) is 7.94. The van der Waals surface area contributed by atoms with E-state index in [1.807, 2.05) is 30.5 Å². The first-order valence-corrected chi connectivity index (χ1v) is 7.70. The molecule has 0 saturated carbocycles. The van der Waals surface area contributed by atoms with Gasteiger partial charge in [-0.05, 0) is 24.5 Å². The summed E-state index contributed by atoms with van der Waals surface area (Å²) in [6.07, 6.45) is 5.93. The number of carbonyl (C=O) groups excluding carboxylic acids is 1. The van der Waals surface area contributed by atoms with E-state index in [0.29, 0.717) is 19.4 Å². The molecule has 0 fully saturated rings. The molecule has 118 valence electrons. The van der Waals surface area contributed by atoms with E-state index in [-0.39, 0.29) is 12.3 Å². The van der Waals surface area contributed by atoms with Crippen molar-refractivity contribution >= 4 is 22.8 Å². The van der Waals surface area contributed by atoms with Gasteiger partial charge < -0.3 is 15.4 Å². The van der Waals surface area contributed by atoms with Crippen LogP contribution >= 0.6 is 0 Å². The number of carbonyl (C=O) groups is 2. The highest BCUT2D eigenvalue weighted by Crippen LogP contribution is 2.17. The second-order valence-corrected chi connectivity index (χ2v) is 5.44. The van der Waals surface area contributed by atoms with E-state index in [1.165, 1.54) is 0 Å². The third-order valence-corrected chi connectivity index (χ3v) is 3.67.